The first-order valence-corrected chi connectivity index (χ1v) is 7.64. The van der Waals surface area contributed by atoms with Crippen LogP contribution in [-0.2, 0) is 12.1 Å². The Bertz CT molecular complexity index is 675. The number of likely N-dealkylation sites (N-methyl/N-ethyl adjacent to an activating group) is 1. The smallest absolute Gasteiger partial charge is 0.137 e. The van der Waals surface area contributed by atoms with Crippen LogP contribution >= 0.6 is 0 Å². The van der Waals surface area contributed by atoms with E-state index in [2.05, 4.69) is 10.1 Å². The van der Waals surface area contributed by atoms with Gasteiger partial charge in [0.1, 0.15) is 29.9 Å². The molecule has 3 rings (SSSR count). The molecule has 23 heavy (non-hydrogen) atoms. The molecule has 5 nitrogen and oxygen atoms in total. The van der Waals surface area contributed by atoms with Crippen molar-refractivity contribution < 1.29 is 13.9 Å². The molecule has 1 aromatic carbocycles. The largest absolute Gasteiger partial charge is 0.381 e. The van der Waals surface area contributed by atoms with Crippen LogP contribution in [0.5, 0.6) is 0 Å². The minimum Gasteiger partial charge on any atom is -0.381 e. The zero-order chi connectivity index (χ0) is 16.6. The second-order valence-corrected chi connectivity index (χ2v) is 6.21. The maximum Gasteiger partial charge on any atom is 0.137 e. The summed E-state index contributed by atoms with van der Waals surface area (Å²) in [6, 6.07) is 3.27. The Morgan fingerprint density at radius 1 is 1.43 bits per heavy atom. The Hall–Kier alpha value is -1.86. The van der Waals surface area contributed by atoms with E-state index in [4.69, 9.17) is 0 Å². The van der Waals surface area contributed by atoms with Gasteiger partial charge < -0.3 is 5.11 Å². The predicted octanol–water partition coefficient (Wildman–Crippen LogP) is 1.93. The Labute approximate surface area is 133 Å². The third-order valence-electron chi connectivity index (χ3n) is 4.69. The van der Waals surface area contributed by atoms with Gasteiger partial charge in [-0.05, 0) is 32.9 Å². The molecule has 1 heterocycles. The van der Waals surface area contributed by atoms with Gasteiger partial charge in [-0.25, -0.2) is 18.4 Å². The van der Waals surface area contributed by atoms with Crippen LogP contribution in [-0.4, -0.2) is 43.9 Å². The van der Waals surface area contributed by atoms with Crippen LogP contribution in [0.3, 0.4) is 0 Å². The molecule has 0 radical (unpaired) electrons. The molecule has 0 unspecified atom stereocenters. The Morgan fingerprint density at radius 3 is 2.74 bits per heavy atom. The molecule has 0 saturated heterocycles. The van der Waals surface area contributed by atoms with Crippen LogP contribution in [0.2, 0.25) is 0 Å². The maximum absolute atomic E-state index is 14.4. The fraction of sp³-hybridized carbons (Fsp3) is 0.500. The first-order valence-electron chi connectivity index (χ1n) is 7.64. The van der Waals surface area contributed by atoms with E-state index in [1.807, 2.05) is 18.9 Å². The molecule has 2 aromatic rings. The molecule has 0 bridgehead atoms. The van der Waals surface area contributed by atoms with Crippen molar-refractivity contribution in [1.82, 2.24) is 19.7 Å². The van der Waals surface area contributed by atoms with Gasteiger partial charge in [0.15, 0.2) is 0 Å². The first kappa shape index (κ1) is 16.0. The highest BCUT2D eigenvalue weighted by molar-refractivity contribution is 5.27. The van der Waals surface area contributed by atoms with Crippen LogP contribution in [0.25, 0.3) is 0 Å². The van der Waals surface area contributed by atoms with Gasteiger partial charge in [0.2, 0.25) is 0 Å². The van der Waals surface area contributed by atoms with Crippen LogP contribution in [0.15, 0.2) is 30.9 Å². The number of nitrogens with zero attached hydrogens (tertiary/aromatic N) is 4. The highest BCUT2D eigenvalue weighted by Gasteiger charge is 2.44. The molecule has 7 heteroatoms. The van der Waals surface area contributed by atoms with Crippen molar-refractivity contribution in [3.8, 4) is 0 Å². The van der Waals surface area contributed by atoms with Crippen molar-refractivity contribution >= 4 is 0 Å². The average molecular weight is 322 g/mol. The fourth-order valence-corrected chi connectivity index (χ4v) is 2.98. The van der Waals surface area contributed by atoms with Crippen molar-refractivity contribution in [2.45, 2.75) is 44.0 Å². The molecule has 1 saturated carbocycles. The summed E-state index contributed by atoms with van der Waals surface area (Å²) < 4.78 is 29.1. The Balaban J connectivity index is 2.00. The van der Waals surface area contributed by atoms with E-state index in [0.29, 0.717) is 6.04 Å². The molecule has 0 aliphatic heterocycles. The lowest BCUT2D eigenvalue weighted by atomic mass is 9.85. The molecule has 1 aliphatic rings. The summed E-state index contributed by atoms with van der Waals surface area (Å²) in [5, 5.41) is 15.4. The second kappa shape index (κ2) is 5.98. The standard InChI is InChI=1S/C16H20F2N4O/c1-11(21(2)13-4-5-13)16(23,8-22-10-19-9-20-22)14-6-3-12(17)7-15(14)18/h3,6-7,9-11,13,23H,4-5,8H2,1-2H3/t11-,16-/m1/s1. The van der Waals surface area contributed by atoms with Crippen molar-refractivity contribution in [2.75, 3.05) is 7.05 Å². The lowest BCUT2D eigenvalue weighted by Gasteiger charge is -2.40. The van der Waals surface area contributed by atoms with Crippen LogP contribution in [0.4, 0.5) is 8.78 Å². The Kier molecular flexibility index (Phi) is 4.16. The van der Waals surface area contributed by atoms with Crippen molar-refractivity contribution in [1.29, 1.82) is 0 Å². The van der Waals surface area contributed by atoms with Gasteiger partial charge in [-0.1, -0.05) is 6.07 Å². The SMILES string of the molecule is C[C@@H](N(C)C1CC1)[C@](O)(Cn1cncn1)c1ccc(F)cc1F. The molecular weight excluding hydrogens is 302 g/mol. The van der Waals surface area contributed by atoms with Gasteiger partial charge in [0, 0.05) is 23.7 Å². The van der Waals surface area contributed by atoms with Gasteiger partial charge >= 0.3 is 0 Å². The molecule has 1 fully saturated rings. The second-order valence-electron chi connectivity index (χ2n) is 6.21. The summed E-state index contributed by atoms with van der Waals surface area (Å²) in [4.78, 5) is 5.90. The number of aromatic nitrogens is 3. The number of hydrogen-bond acceptors (Lipinski definition) is 4. The van der Waals surface area contributed by atoms with Crippen molar-refractivity contribution in [3.63, 3.8) is 0 Å². The van der Waals surface area contributed by atoms with Crippen LogP contribution in [0.1, 0.15) is 25.3 Å². The summed E-state index contributed by atoms with van der Waals surface area (Å²) in [6.07, 6.45) is 4.95. The number of aliphatic hydroxyl groups is 1. The number of halogens is 2. The maximum atomic E-state index is 14.4. The Morgan fingerprint density at radius 2 is 2.17 bits per heavy atom. The third-order valence-corrected chi connectivity index (χ3v) is 4.69. The first-order chi connectivity index (χ1) is 10.9. The predicted molar refractivity (Wildman–Crippen MR) is 80.5 cm³/mol. The molecule has 0 spiro atoms. The summed E-state index contributed by atoms with van der Waals surface area (Å²) in [7, 11) is 1.91. The van der Waals surface area contributed by atoms with E-state index >= 15 is 0 Å². The van der Waals surface area contributed by atoms with Crippen LogP contribution in [0, 0.1) is 11.6 Å². The zero-order valence-corrected chi connectivity index (χ0v) is 13.2. The topological polar surface area (TPSA) is 54.2 Å². The molecule has 2 atom stereocenters. The highest BCUT2D eigenvalue weighted by atomic mass is 19.1. The summed E-state index contributed by atoms with van der Waals surface area (Å²) in [6.45, 7) is 1.88. The van der Waals surface area contributed by atoms with E-state index < -0.39 is 17.2 Å². The lowest BCUT2D eigenvalue weighted by Crippen LogP contribution is -2.51. The number of hydrogen-bond donors (Lipinski definition) is 1. The normalized spacial score (nSPS) is 18.9. The zero-order valence-electron chi connectivity index (χ0n) is 13.2. The van der Waals surface area contributed by atoms with Gasteiger partial charge in [0.25, 0.3) is 0 Å². The molecule has 0 amide bonds. The summed E-state index contributed by atoms with van der Waals surface area (Å²) in [5.41, 5.74) is -1.49. The molecule has 1 N–H and O–H groups in total. The van der Waals surface area contributed by atoms with Gasteiger partial charge in [-0.2, -0.15) is 5.10 Å². The van der Waals surface area contributed by atoms with Gasteiger partial charge in [-0.15, -0.1) is 0 Å². The van der Waals surface area contributed by atoms with Gasteiger partial charge in [-0.3, -0.25) is 4.90 Å². The molecular formula is C16H20F2N4O. The molecule has 1 aromatic heterocycles. The van der Waals surface area contributed by atoms with E-state index in [0.717, 1.165) is 25.0 Å². The van der Waals surface area contributed by atoms with Crippen molar-refractivity contribution in [3.05, 3.63) is 48.1 Å². The summed E-state index contributed by atoms with van der Waals surface area (Å²) in [5.74, 6) is -1.43. The highest BCUT2D eigenvalue weighted by Crippen LogP contribution is 2.36. The summed E-state index contributed by atoms with van der Waals surface area (Å²) >= 11 is 0. The third kappa shape index (κ3) is 3.11. The van der Waals surface area contributed by atoms with E-state index in [1.54, 1.807) is 0 Å². The minimum atomic E-state index is -1.55. The van der Waals surface area contributed by atoms with Gasteiger partial charge in [0.05, 0.1) is 6.54 Å². The van der Waals surface area contributed by atoms with E-state index in [9.17, 15) is 13.9 Å². The van der Waals surface area contributed by atoms with E-state index in [1.165, 1.54) is 23.4 Å². The molecule has 1 aliphatic carbocycles. The number of rotatable bonds is 6. The van der Waals surface area contributed by atoms with Crippen LogP contribution < -0.4 is 0 Å². The van der Waals surface area contributed by atoms with Crippen molar-refractivity contribution in [2.24, 2.45) is 0 Å². The van der Waals surface area contributed by atoms with E-state index in [-0.39, 0.29) is 18.2 Å². The number of benzene rings is 1. The minimum absolute atomic E-state index is 0.0355. The average Bonchev–Trinajstić information content (AvgIpc) is 3.24. The monoisotopic (exact) mass is 322 g/mol. The fourth-order valence-electron chi connectivity index (χ4n) is 2.98. The molecule has 124 valence electrons. The quantitative estimate of drug-likeness (QED) is 0.883. The lowest BCUT2D eigenvalue weighted by molar-refractivity contribution is -0.0592.